The zero-order chi connectivity index (χ0) is 12.1. The monoisotopic (exact) mass is 210 g/mol. The van der Waals surface area contributed by atoms with E-state index in [0.29, 0.717) is 5.92 Å². The molecule has 0 saturated carbocycles. The largest absolute Gasteiger partial charge is 0.392 e. The number of aliphatic hydroxyl groups excluding tert-OH is 1. The molecule has 0 radical (unpaired) electrons. The van der Waals surface area contributed by atoms with Gasteiger partial charge in [0.25, 0.3) is 0 Å². The molecule has 1 aliphatic rings. The van der Waals surface area contributed by atoms with Crippen LogP contribution in [0.2, 0.25) is 0 Å². The predicted molar refractivity (Wildman–Crippen MR) is 68.7 cm³/mol. The van der Waals surface area contributed by atoms with Gasteiger partial charge in [0.2, 0.25) is 0 Å². The summed E-state index contributed by atoms with van der Waals surface area (Å²) in [7, 11) is 0. The second-order valence-electron chi connectivity index (χ2n) is 3.07. The standard InChI is InChI=1S/C10H14O.2C2H6/c1-2-3-9-4-6-10(8-11)7-5-9;2*1-2/h1,6,9,11H,3-5,7-8H2;2*1-2H3/t9-;;/m1../s1. The Bertz CT molecular complexity index is 186. The lowest BCUT2D eigenvalue weighted by atomic mass is 9.88. The summed E-state index contributed by atoms with van der Waals surface area (Å²) in [5.41, 5.74) is 1.18. The van der Waals surface area contributed by atoms with Crippen LogP contribution in [0.4, 0.5) is 0 Å². The summed E-state index contributed by atoms with van der Waals surface area (Å²) in [6.45, 7) is 8.22. The van der Waals surface area contributed by atoms with Gasteiger partial charge in [-0.1, -0.05) is 33.8 Å². The maximum atomic E-state index is 8.80. The predicted octanol–water partition coefficient (Wildman–Crippen LogP) is 3.78. The molecule has 1 atom stereocenters. The van der Waals surface area contributed by atoms with Gasteiger partial charge in [0.1, 0.15) is 0 Å². The van der Waals surface area contributed by atoms with E-state index in [1.807, 2.05) is 27.7 Å². The van der Waals surface area contributed by atoms with Crippen molar-refractivity contribution in [3.63, 3.8) is 0 Å². The Morgan fingerprint density at radius 2 is 2.00 bits per heavy atom. The number of hydrogen-bond acceptors (Lipinski definition) is 1. The van der Waals surface area contributed by atoms with Gasteiger partial charge < -0.3 is 5.11 Å². The Kier molecular flexibility index (Phi) is 14.7. The molecular formula is C14H26O. The fraction of sp³-hybridized carbons (Fsp3) is 0.714. The molecular weight excluding hydrogens is 184 g/mol. The molecule has 15 heavy (non-hydrogen) atoms. The van der Waals surface area contributed by atoms with Crippen molar-refractivity contribution in [2.75, 3.05) is 6.61 Å². The fourth-order valence-electron chi connectivity index (χ4n) is 1.44. The van der Waals surface area contributed by atoms with Crippen molar-refractivity contribution in [1.82, 2.24) is 0 Å². The first-order valence-corrected chi connectivity index (χ1v) is 6.09. The maximum absolute atomic E-state index is 8.80. The van der Waals surface area contributed by atoms with Gasteiger partial charge in [0.05, 0.1) is 6.61 Å². The van der Waals surface area contributed by atoms with Crippen molar-refractivity contribution < 1.29 is 5.11 Å². The van der Waals surface area contributed by atoms with Gasteiger partial charge in [0, 0.05) is 6.42 Å². The normalized spacial score (nSPS) is 18.4. The van der Waals surface area contributed by atoms with E-state index in [0.717, 1.165) is 25.7 Å². The van der Waals surface area contributed by atoms with Crippen molar-refractivity contribution in [2.24, 2.45) is 5.92 Å². The SMILES string of the molecule is C#CC[C@@H]1CC=C(CO)CC1.CC.CC. The average molecular weight is 210 g/mol. The van der Waals surface area contributed by atoms with E-state index in [1.54, 1.807) is 0 Å². The van der Waals surface area contributed by atoms with Crippen LogP contribution in [0.3, 0.4) is 0 Å². The number of aliphatic hydroxyl groups is 1. The molecule has 0 saturated heterocycles. The van der Waals surface area contributed by atoms with E-state index in [4.69, 9.17) is 11.5 Å². The molecule has 0 aliphatic heterocycles. The summed E-state index contributed by atoms with van der Waals surface area (Å²) in [4.78, 5) is 0. The molecule has 1 nitrogen and oxygen atoms in total. The molecule has 0 aromatic heterocycles. The third-order valence-corrected chi connectivity index (χ3v) is 2.22. The highest BCUT2D eigenvalue weighted by Crippen LogP contribution is 2.24. The minimum Gasteiger partial charge on any atom is -0.392 e. The number of hydrogen-bond donors (Lipinski definition) is 1. The summed E-state index contributed by atoms with van der Waals surface area (Å²) < 4.78 is 0. The number of terminal acetylenes is 1. The van der Waals surface area contributed by atoms with E-state index in [-0.39, 0.29) is 6.61 Å². The van der Waals surface area contributed by atoms with Crippen LogP contribution in [0.25, 0.3) is 0 Å². The Balaban J connectivity index is 0. The van der Waals surface area contributed by atoms with Crippen molar-refractivity contribution in [3.05, 3.63) is 11.6 Å². The van der Waals surface area contributed by atoms with Crippen molar-refractivity contribution in [1.29, 1.82) is 0 Å². The fourth-order valence-corrected chi connectivity index (χ4v) is 1.44. The third kappa shape index (κ3) is 8.27. The molecule has 0 heterocycles. The molecule has 0 aromatic rings. The van der Waals surface area contributed by atoms with Crippen molar-refractivity contribution >= 4 is 0 Å². The van der Waals surface area contributed by atoms with E-state index < -0.39 is 0 Å². The molecule has 0 aromatic carbocycles. The first-order chi connectivity index (χ1) is 7.36. The van der Waals surface area contributed by atoms with Crippen LogP contribution < -0.4 is 0 Å². The Hall–Kier alpha value is -0.740. The van der Waals surface area contributed by atoms with E-state index in [2.05, 4.69) is 12.0 Å². The van der Waals surface area contributed by atoms with Gasteiger partial charge in [-0.25, -0.2) is 0 Å². The van der Waals surface area contributed by atoms with Gasteiger partial charge in [-0.15, -0.1) is 12.3 Å². The quantitative estimate of drug-likeness (QED) is 0.543. The lowest BCUT2D eigenvalue weighted by molar-refractivity contribution is 0.316. The molecule has 0 bridgehead atoms. The highest BCUT2D eigenvalue weighted by Gasteiger charge is 2.12. The van der Waals surface area contributed by atoms with Gasteiger partial charge in [-0.05, 0) is 30.8 Å². The summed E-state index contributed by atoms with van der Waals surface area (Å²) in [5.74, 6) is 3.34. The van der Waals surface area contributed by atoms with Crippen LogP contribution in [0.1, 0.15) is 53.4 Å². The second kappa shape index (κ2) is 13.3. The van der Waals surface area contributed by atoms with Gasteiger partial charge in [-0.3, -0.25) is 0 Å². The summed E-state index contributed by atoms with van der Waals surface area (Å²) >= 11 is 0. The molecule has 88 valence electrons. The van der Waals surface area contributed by atoms with Crippen molar-refractivity contribution in [3.8, 4) is 12.3 Å². The highest BCUT2D eigenvalue weighted by molar-refractivity contribution is 5.07. The summed E-state index contributed by atoms with van der Waals surface area (Å²) in [6.07, 6.45) is 11.5. The first kappa shape index (κ1) is 16.7. The molecule has 1 heteroatoms. The Morgan fingerprint density at radius 3 is 2.33 bits per heavy atom. The van der Waals surface area contributed by atoms with Gasteiger partial charge in [0.15, 0.2) is 0 Å². The van der Waals surface area contributed by atoms with Crippen LogP contribution in [-0.4, -0.2) is 11.7 Å². The zero-order valence-corrected chi connectivity index (χ0v) is 10.7. The molecule has 1 rings (SSSR count). The second-order valence-corrected chi connectivity index (χ2v) is 3.07. The van der Waals surface area contributed by atoms with Crippen LogP contribution in [0.5, 0.6) is 0 Å². The lowest BCUT2D eigenvalue weighted by Crippen LogP contribution is -2.06. The highest BCUT2D eigenvalue weighted by atomic mass is 16.3. The molecule has 0 fully saturated rings. The average Bonchev–Trinajstić information content (AvgIpc) is 2.36. The van der Waals surface area contributed by atoms with Gasteiger partial charge in [-0.2, -0.15) is 0 Å². The van der Waals surface area contributed by atoms with Crippen LogP contribution in [-0.2, 0) is 0 Å². The van der Waals surface area contributed by atoms with Crippen LogP contribution >= 0.6 is 0 Å². The topological polar surface area (TPSA) is 20.2 Å². The minimum atomic E-state index is 0.225. The Morgan fingerprint density at radius 1 is 1.40 bits per heavy atom. The minimum absolute atomic E-state index is 0.225. The summed E-state index contributed by atoms with van der Waals surface area (Å²) in [5, 5.41) is 8.80. The molecule has 1 N–H and O–H groups in total. The number of rotatable bonds is 2. The van der Waals surface area contributed by atoms with Crippen molar-refractivity contribution in [2.45, 2.75) is 53.4 Å². The molecule has 0 unspecified atom stereocenters. The maximum Gasteiger partial charge on any atom is 0.0641 e. The van der Waals surface area contributed by atoms with Crippen LogP contribution in [0, 0.1) is 18.3 Å². The zero-order valence-electron chi connectivity index (χ0n) is 10.7. The van der Waals surface area contributed by atoms with E-state index in [1.165, 1.54) is 5.57 Å². The molecule has 0 amide bonds. The smallest absolute Gasteiger partial charge is 0.0641 e. The van der Waals surface area contributed by atoms with E-state index >= 15 is 0 Å². The third-order valence-electron chi connectivity index (χ3n) is 2.22. The number of allylic oxidation sites excluding steroid dienone is 1. The Labute approximate surface area is 95.6 Å². The first-order valence-electron chi connectivity index (χ1n) is 6.09. The molecule has 0 spiro atoms. The van der Waals surface area contributed by atoms with Crippen LogP contribution in [0.15, 0.2) is 11.6 Å². The van der Waals surface area contributed by atoms with Gasteiger partial charge >= 0.3 is 0 Å². The molecule has 1 aliphatic carbocycles. The lowest BCUT2D eigenvalue weighted by Gasteiger charge is -2.18. The summed E-state index contributed by atoms with van der Waals surface area (Å²) in [6, 6.07) is 0. The van der Waals surface area contributed by atoms with E-state index in [9.17, 15) is 0 Å².